The number of anilines is 2. The number of carbonyl (C=O) groups is 2. The lowest BCUT2D eigenvalue weighted by atomic mass is 10.0. The lowest BCUT2D eigenvalue weighted by molar-refractivity contribution is -0.116. The molecule has 1 aliphatic rings. The summed E-state index contributed by atoms with van der Waals surface area (Å²) in [6, 6.07) is 11.1. The molecule has 118 valence electrons. The molecule has 2 N–H and O–H groups in total. The number of carbonyl (C=O) groups excluding carboxylic acids is 2. The minimum atomic E-state index is -0.148. The molecule has 2 amide bonds. The van der Waals surface area contributed by atoms with Crippen molar-refractivity contribution in [1.82, 2.24) is 0 Å². The molecule has 0 atom stereocenters. The van der Waals surface area contributed by atoms with Crippen LogP contribution in [0.1, 0.15) is 34.3 Å². The predicted octanol–water partition coefficient (Wildman–Crippen LogP) is 4.28. The zero-order valence-corrected chi connectivity index (χ0v) is 14.4. The van der Waals surface area contributed by atoms with Crippen molar-refractivity contribution in [2.75, 3.05) is 10.6 Å². The minimum absolute atomic E-state index is 0.0336. The Morgan fingerprint density at radius 3 is 2.78 bits per heavy atom. The van der Waals surface area contributed by atoms with Crippen molar-refractivity contribution in [3.63, 3.8) is 0 Å². The first-order valence-electron chi connectivity index (χ1n) is 7.53. The summed E-state index contributed by atoms with van der Waals surface area (Å²) in [5.41, 5.74) is 4.24. The Morgan fingerprint density at radius 2 is 2.00 bits per heavy atom. The molecular formula is C18H17BrN2O2. The van der Waals surface area contributed by atoms with Crippen LogP contribution < -0.4 is 10.6 Å². The normalized spacial score (nSPS) is 13.7. The number of aryl methyl sites for hydroxylation is 2. The first kappa shape index (κ1) is 15.7. The first-order chi connectivity index (χ1) is 11.0. The van der Waals surface area contributed by atoms with Gasteiger partial charge in [-0.2, -0.15) is 0 Å². The van der Waals surface area contributed by atoms with Gasteiger partial charge in [0.05, 0.1) is 0 Å². The summed E-state index contributed by atoms with van der Waals surface area (Å²) >= 11 is 3.45. The molecule has 0 bridgehead atoms. The summed E-state index contributed by atoms with van der Waals surface area (Å²) in [7, 11) is 0. The number of amides is 2. The van der Waals surface area contributed by atoms with Crippen LogP contribution >= 0.6 is 15.9 Å². The highest BCUT2D eigenvalue weighted by atomic mass is 79.9. The van der Waals surface area contributed by atoms with Crippen molar-refractivity contribution >= 4 is 39.1 Å². The molecule has 0 aliphatic carbocycles. The molecule has 5 heteroatoms. The number of halogens is 1. The van der Waals surface area contributed by atoms with Crippen LogP contribution in [0.4, 0.5) is 11.4 Å². The maximum atomic E-state index is 12.4. The predicted molar refractivity (Wildman–Crippen MR) is 94.8 cm³/mol. The van der Waals surface area contributed by atoms with Crippen molar-refractivity contribution in [2.24, 2.45) is 0 Å². The second-order valence-electron chi connectivity index (χ2n) is 5.69. The Bertz CT molecular complexity index is 787. The Labute approximate surface area is 143 Å². The quantitative estimate of drug-likeness (QED) is 0.825. The zero-order chi connectivity index (χ0) is 16.4. The molecule has 0 aromatic heterocycles. The highest BCUT2D eigenvalue weighted by Gasteiger charge is 2.15. The zero-order valence-electron chi connectivity index (χ0n) is 12.8. The summed E-state index contributed by atoms with van der Waals surface area (Å²) in [5, 5.41) is 5.79. The van der Waals surface area contributed by atoms with Crippen molar-refractivity contribution in [2.45, 2.75) is 26.2 Å². The summed E-state index contributed by atoms with van der Waals surface area (Å²) in [4.78, 5) is 24.0. The standard InChI is InChI=1S/C18H17BrN2O2/c1-11-9-14(6-7-15(11)19)20-18(23)13-5-8-16-12(10-13)3-2-4-17(22)21-16/h5-10H,2-4H2,1H3,(H,20,23)(H,21,22). The summed E-state index contributed by atoms with van der Waals surface area (Å²) in [5.74, 6) is -0.114. The van der Waals surface area contributed by atoms with E-state index in [0.29, 0.717) is 12.0 Å². The van der Waals surface area contributed by atoms with Crippen molar-refractivity contribution < 1.29 is 9.59 Å². The number of benzene rings is 2. The molecule has 0 radical (unpaired) electrons. The van der Waals surface area contributed by atoms with E-state index in [2.05, 4.69) is 26.6 Å². The second-order valence-corrected chi connectivity index (χ2v) is 6.55. The van der Waals surface area contributed by atoms with Gasteiger partial charge in [-0.25, -0.2) is 0 Å². The fraction of sp³-hybridized carbons (Fsp3) is 0.222. The van der Waals surface area contributed by atoms with Crippen LogP contribution in [0.25, 0.3) is 0 Å². The number of nitrogens with one attached hydrogen (secondary N) is 2. The second kappa shape index (κ2) is 6.54. The van der Waals surface area contributed by atoms with Crippen molar-refractivity contribution in [1.29, 1.82) is 0 Å². The molecule has 2 aromatic rings. The van der Waals surface area contributed by atoms with Crippen LogP contribution in [0, 0.1) is 6.92 Å². The molecule has 4 nitrogen and oxygen atoms in total. The number of hydrogen-bond donors (Lipinski definition) is 2. The van der Waals surface area contributed by atoms with Crippen LogP contribution in [-0.2, 0) is 11.2 Å². The van der Waals surface area contributed by atoms with Crippen molar-refractivity contribution in [3.05, 3.63) is 57.6 Å². The summed E-state index contributed by atoms with van der Waals surface area (Å²) in [6.45, 7) is 1.98. The third-order valence-corrected chi connectivity index (χ3v) is 4.80. The fourth-order valence-corrected chi connectivity index (χ4v) is 2.89. The Morgan fingerprint density at radius 1 is 1.17 bits per heavy atom. The van der Waals surface area contributed by atoms with E-state index in [9.17, 15) is 9.59 Å². The van der Waals surface area contributed by atoms with Gasteiger partial charge in [-0.1, -0.05) is 15.9 Å². The molecule has 0 fully saturated rings. The SMILES string of the molecule is Cc1cc(NC(=O)c2ccc3c(c2)CCCC(=O)N3)ccc1Br. The molecular weight excluding hydrogens is 356 g/mol. The number of rotatable bonds is 2. The van der Waals surface area contributed by atoms with Gasteiger partial charge in [-0.05, 0) is 67.3 Å². The van der Waals surface area contributed by atoms with Gasteiger partial charge in [0, 0.05) is 27.8 Å². The van der Waals surface area contributed by atoms with E-state index in [1.165, 1.54) is 0 Å². The Kier molecular flexibility index (Phi) is 4.48. The Balaban J connectivity index is 1.81. The van der Waals surface area contributed by atoms with Crippen LogP contribution in [0.5, 0.6) is 0 Å². The van der Waals surface area contributed by atoms with E-state index in [1.54, 1.807) is 12.1 Å². The minimum Gasteiger partial charge on any atom is -0.326 e. The highest BCUT2D eigenvalue weighted by Crippen LogP contribution is 2.24. The van der Waals surface area contributed by atoms with Gasteiger partial charge in [0.25, 0.3) is 5.91 Å². The average molecular weight is 373 g/mol. The van der Waals surface area contributed by atoms with E-state index in [1.807, 2.05) is 31.2 Å². The number of fused-ring (bicyclic) bond motifs is 1. The van der Waals surface area contributed by atoms with E-state index < -0.39 is 0 Å². The largest absolute Gasteiger partial charge is 0.326 e. The molecule has 3 rings (SSSR count). The third kappa shape index (κ3) is 3.62. The molecule has 0 saturated heterocycles. The van der Waals surface area contributed by atoms with Crippen LogP contribution in [0.15, 0.2) is 40.9 Å². The average Bonchev–Trinajstić information content (AvgIpc) is 2.70. The monoisotopic (exact) mass is 372 g/mol. The first-order valence-corrected chi connectivity index (χ1v) is 8.32. The molecule has 0 spiro atoms. The molecule has 0 saturated carbocycles. The maximum absolute atomic E-state index is 12.4. The summed E-state index contributed by atoms with van der Waals surface area (Å²) in [6.07, 6.45) is 2.12. The number of hydrogen-bond acceptors (Lipinski definition) is 2. The maximum Gasteiger partial charge on any atom is 0.255 e. The summed E-state index contributed by atoms with van der Waals surface area (Å²) < 4.78 is 1.01. The van der Waals surface area contributed by atoms with Gasteiger partial charge in [-0.15, -0.1) is 0 Å². The van der Waals surface area contributed by atoms with Gasteiger partial charge in [0.1, 0.15) is 0 Å². The molecule has 23 heavy (non-hydrogen) atoms. The fourth-order valence-electron chi connectivity index (χ4n) is 2.64. The Hall–Kier alpha value is -2.14. The van der Waals surface area contributed by atoms with E-state index in [-0.39, 0.29) is 11.8 Å². The molecule has 2 aromatic carbocycles. The van der Waals surface area contributed by atoms with E-state index in [4.69, 9.17) is 0 Å². The van der Waals surface area contributed by atoms with Crippen molar-refractivity contribution in [3.8, 4) is 0 Å². The molecule has 1 aliphatic heterocycles. The lowest BCUT2D eigenvalue weighted by Crippen LogP contribution is -2.13. The molecule has 1 heterocycles. The van der Waals surface area contributed by atoms with Crippen LogP contribution in [0.3, 0.4) is 0 Å². The highest BCUT2D eigenvalue weighted by molar-refractivity contribution is 9.10. The van der Waals surface area contributed by atoms with Gasteiger partial charge >= 0.3 is 0 Å². The lowest BCUT2D eigenvalue weighted by Gasteiger charge is -2.10. The van der Waals surface area contributed by atoms with Crippen LogP contribution in [0.2, 0.25) is 0 Å². The smallest absolute Gasteiger partial charge is 0.255 e. The van der Waals surface area contributed by atoms with Gasteiger partial charge < -0.3 is 10.6 Å². The van der Waals surface area contributed by atoms with E-state index >= 15 is 0 Å². The molecule has 0 unspecified atom stereocenters. The third-order valence-electron chi connectivity index (χ3n) is 3.91. The van der Waals surface area contributed by atoms with Gasteiger partial charge in [-0.3, -0.25) is 9.59 Å². The topological polar surface area (TPSA) is 58.2 Å². The van der Waals surface area contributed by atoms with Crippen LogP contribution in [-0.4, -0.2) is 11.8 Å². The van der Waals surface area contributed by atoms with Gasteiger partial charge in [0.2, 0.25) is 5.91 Å². The van der Waals surface area contributed by atoms with Gasteiger partial charge in [0.15, 0.2) is 0 Å². The van der Waals surface area contributed by atoms with E-state index in [0.717, 1.165) is 39.8 Å².